The van der Waals surface area contributed by atoms with Crippen LogP contribution in [-0.2, 0) is 16.1 Å². The lowest BCUT2D eigenvalue weighted by Crippen LogP contribution is -2.27. The maximum absolute atomic E-state index is 13.4. The van der Waals surface area contributed by atoms with Crippen molar-refractivity contribution in [2.24, 2.45) is 0 Å². The summed E-state index contributed by atoms with van der Waals surface area (Å²) in [6, 6.07) is 11.1. The van der Waals surface area contributed by atoms with Crippen LogP contribution in [0.1, 0.15) is 16.7 Å². The lowest BCUT2D eigenvalue weighted by molar-refractivity contribution is -0.122. The second-order valence-corrected chi connectivity index (χ2v) is 9.33. The summed E-state index contributed by atoms with van der Waals surface area (Å²) in [5, 5.41) is 3.15. The number of carbonyl (C=O) groups is 1. The molecule has 0 radical (unpaired) electrons. The molecule has 3 heterocycles. The van der Waals surface area contributed by atoms with E-state index in [-0.39, 0.29) is 11.5 Å². The van der Waals surface area contributed by atoms with Crippen molar-refractivity contribution >= 4 is 51.7 Å². The third-order valence-corrected chi connectivity index (χ3v) is 6.63. The molecule has 0 bridgehead atoms. The number of aromatic nitrogens is 2. The second-order valence-electron chi connectivity index (χ2n) is 7.65. The highest BCUT2D eigenvalue weighted by atomic mass is 32.2. The van der Waals surface area contributed by atoms with Crippen LogP contribution >= 0.6 is 24.0 Å². The average molecular weight is 497 g/mol. The number of nitrogens with one attached hydrogen (secondary N) is 1. The summed E-state index contributed by atoms with van der Waals surface area (Å²) in [6.07, 6.45) is 3.31. The van der Waals surface area contributed by atoms with Gasteiger partial charge >= 0.3 is 0 Å². The van der Waals surface area contributed by atoms with Crippen LogP contribution < -0.4 is 15.6 Å². The monoisotopic (exact) mass is 496 g/mol. The highest BCUT2D eigenvalue weighted by molar-refractivity contribution is 8.26. The van der Waals surface area contributed by atoms with Gasteiger partial charge in [0.1, 0.15) is 21.5 Å². The van der Waals surface area contributed by atoms with Crippen LogP contribution in [0.5, 0.6) is 5.75 Å². The van der Waals surface area contributed by atoms with Crippen LogP contribution in [0.4, 0.5) is 5.82 Å². The summed E-state index contributed by atoms with van der Waals surface area (Å²) in [4.78, 5) is 33.1. The van der Waals surface area contributed by atoms with Crippen molar-refractivity contribution < 1.29 is 14.3 Å². The van der Waals surface area contributed by atoms with Crippen molar-refractivity contribution in [3.63, 3.8) is 0 Å². The number of amides is 1. The summed E-state index contributed by atoms with van der Waals surface area (Å²) in [7, 11) is 3.20. The lowest BCUT2D eigenvalue weighted by atomic mass is 10.2. The van der Waals surface area contributed by atoms with E-state index in [2.05, 4.69) is 10.3 Å². The van der Waals surface area contributed by atoms with E-state index >= 15 is 0 Å². The Kier molecular flexibility index (Phi) is 7.30. The lowest BCUT2D eigenvalue weighted by Gasteiger charge is -2.14. The Labute approximate surface area is 206 Å². The number of pyridine rings is 1. The predicted octanol–water partition coefficient (Wildman–Crippen LogP) is 3.47. The summed E-state index contributed by atoms with van der Waals surface area (Å²) in [5.74, 6) is 0.885. The van der Waals surface area contributed by atoms with Gasteiger partial charge in [0.05, 0.1) is 30.7 Å². The molecule has 10 heteroatoms. The number of hydrogen-bond donors (Lipinski definition) is 1. The number of fused-ring (bicyclic) bond motifs is 1. The van der Waals surface area contributed by atoms with E-state index in [1.807, 2.05) is 37.3 Å². The van der Waals surface area contributed by atoms with Gasteiger partial charge in [-0.25, -0.2) is 4.98 Å². The van der Waals surface area contributed by atoms with Crippen LogP contribution in [0.2, 0.25) is 0 Å². The maximum Gasteiger partial charge on any atom is 0.267 e. The number of thiocarbonyl (C=S) groups is 1. The minimum atomic E-state index is -0.269. The fraction of sp³-hybridized carbons (Fsp3) is 0.250. The van der Waals surface area contributed by atoms with E-state index in [1.54, 1.807) is 32.6 Å². The fourth-order valence-electron chi connectivity index (χ4n) is 3.48. The van der Waals surface area contributed by atoms with Crippen LogP contribution in [0.3, 0.4) is 0 Å². The van der Waals surface area contributed by atoms with Gasteiger partial charge in [0, 0.05) is 19.9 Å². The van der Waals surface area contributed by atoms with Crippen molar-refractivity contribution in [3.8, 4) is 5.75 Å². The molecule has 1 amide bonds. The zero-order chi connectivity index (χ0) is 24.2. The van der Waals surface area contributed by atoms with Gasteiger partial charge in [-0.3, -0.25) is 18.9 Å². The van der Waals surface area contributed by atoms with Crippen LogP contribution in [-0.4, -0.2) is 51.9 Å². The minimum absolute atomic E-state index is 0.248. The molecule has 1 aliphatic rings. The third-order valence-electron chi connectivity index (χ3n) is 5.25. The fourth-order valence-corrected chi connectivity index (χ4v) is 4.71. The Hall–Kier alpha value is -3.21. The average Bonchev–Trinajstić information content (AvgIpc) is 3.10. The molecule has 1 aromatic carbocycles. The summed E-state index contributed by atoms with van der Waals surface area (Å²) in [5.41, 5.74) is 2.38. The van der Waals surface area contributed by atoms with E-state index < -0.39 is 0 Å². The normalized spacial score (nSPS) is 14.9. The Bertz CT molecular complexity index is 1340. The zero-order valence-corrected chi connectivity index (χ0v) is 20.7. The highest BCUT2D eigenvalue weighted by Crippen LogP contribution is 2.34. The molecule has 3 aromatic rings. The standard InChI is InChI=1S/C24H24N4O4S2/c1-15-4-9-20-26-21(25-10-11-31-2)18(22(29)27(20)13-15)12-19-23(30)28(24(33)34-19)14-16-5-7-17(32-3)8-6-16/h4-9,12-13,25H,10-11,14H2,1-3H3/b19-12-. The van der Waals surface area contributed by atoms with Gasteiger partial charge in [-0.2, -0.15) is 0 Å². The van der Waals surface area contributed by atoms with E-state index in [0.717, 1.165) is 16.9 Å². The number of ether oxygens (including phenoxy) is 2. The van der Waals surface area contributed by atoms with Gasteiger partial charge in [-0.15, -0.1) is 0 Å². The molecule has 176 valence electrons. The Balaban J connectivity index is 1.69. The van der Waals surface area contributed by atoms with E-state index in [4.69, 9.17) is 21.7 Å². The topological polar surface area (TPSA) is 85.2 Å². The molecular weight excluding hydrogens is 472 g/mol. The molecular formula is C24H24N4O4S2. The Morgan fingerprint density at radius 3 is 2.62 bits per heavy atom. The molecule has 1 saturated heterocycles. The number of thioether (sulfide) groups is 1. The molecule has 0 atom stereocenters. The molecule has 0 unspecified atom stereocenters. The maximum atomic E-state index is 13.4. The van der Waals surface area contributed by atoms with Crippen molar-refractivity contribution in [1.29, 1.82) is 0 Å². The molecule has 1 N–H and O–H groups in total. The Morgan fingerprint density at radius 1 is 1.15 bits per heavy atom. The number of hydrogen-bond acceptors (Lipinski definition) is 8. The number of rotatable bonds is 8. The van der Waals surface area contributed by atoms with Gasteiger partial charge in [0.25, 0.3) is 11.5 Å². The number of anilines is 1. The summed E-state index contributed by atoms with van der Waals surface area (Å²) in [6.45, 7) is 3.14. The number of benzene rings is 1. The van der Waals surface area contributed by atoms with Gasteiger partial charge in [-0.05, 0) is 42.3 Å². The largest absolute Gasteiger partial charge is 0.497 e. The Morgan fingerprint density at radius 2 is 1.91 bits per heavy atom. The van der Waals surface area contributed by atoms with E-state index in [0.29, 0.717) is 46.0 Å². The number of carbonyl (C=O) groups excluding carboxylic acids is 1. The van der Waals surface area contributed by atoms with Gasteiger partial charge in [-0.1, -0.05) is 42.2 Å². The van der Waals surface area contributed by atoms with Crippen molar-refractivity contribution in [1.82, 2.24) is 14.3 Å². The first-order valence-electron chi connectivity index (χ1n) is 10.6. The molecule has 8 nitrogen and oxygen atoms in total. The zero-order valence-electron chi connectivity index (χ0n) is 19.0. The molecule has 0 saturated carbocycles. The van der Waals surface area contributed by atoms with Crippen LogP contribution in [0.25, 0.3) is 11.7 Å². The molecule has 1 aliphatic heterocycles. The smallest absolute Gasteiger partial charge is 0.267 e. The van der Waals surface area contributed by atoms with Gasteiger partial charge < -0.3 is 14.8 Å². The van der Waals surface area contributed by atoms with E-state index in [9.17, 15) is 9.59 Å². The highest BCUT2D eigenvalue weighted by Gasteiger charge is 2.32. The quantitative estimate of drug-likeness (QED) is 0.288. The first kappa shape index (κ1) is 23.9. The number of methoxy groups -OCH3 is 2. The molecule has 0 spiro atoms. The van der Waals surface area contributed by atoms with Crippen LogP contribution in [0, 0.1) is 6.92 Å². The van der Waals surface area contributed by atoms with Crippen molar-refractivity contribution in [2.45, 2.75) is 13.5 Å². The molecule has 2 aromatic heterocycles. The molecule has 4 rings (SSSR count). The first-order valence-corrected chi connectivity index (χ1v) is 11.8. The molecule has 1 fully saturated rings. The SMILES string of the molecule is COCCNc1nc2ccc(C)cn2c(=O)c1/C=C1\SC(=S)N(Cc2ccc(OC)cc2)C1=O. The number of nitrogens with zero attached hydrogens (tertiary/aromatic N) is 3. The summed E-state index contributed by atoms with van der Waals surface area (Å²) >= 11 is 6.65. The van der Waals surface area contributed by atoms with Crippen LogP contribution in [0.15, 0.2) is 52.3 Å². The van der Waals surface area contributed by atoms with Crippen molar-refractivity contribution in [3.05, 3.63) is 74.5 Å². The summed E-state index contributed by atoms with van der Waals surface area (Å²) < 4.78 is 12.2. The van der Waals surface area contributed by atoms with E-state index in [1.165, 1.54) is 21.1 Å². The first-order chi connectivity index (χ1) is 16.4. The predicted molar refractivity (Wildman–Crippen MR) is 138 cm³/mol. The second kappa shape index (κ2) is 10.4. The minimum Gasteiger partial charge on any atom is -0.497 e. The number of aryl methyl sites for hydroxylation is 1. The van der Waals surface area contributed by atoms with Crippen molar-refractivity contribution in [2.75, 3.05) is 32.7 Å². The third kappa shape index (κ3) is 4.98. The van der Waals surface area contributed by atoms with Gasteiger partial charge in [0.2, 0.25) is 0 Å². The van der Waals surface area contributed by atoms with Gasteiger partial charge in [0.15, 0.2) is 0 Å². The molecule has 34 heavy (non-hydrogen) atoms. The molecule has 0 aliphatic carbocycles.